The SMILES string of the molecule is Nc1cccc(CN2CCC(CCCC(=O)C3CN(Cc4ccccc4)CCc4ccccc43)CC2)c1. The van der Waals surface area contributed by atoms with Gasteiger partial charge in [0.2, 0.25) is 0 Å². The van der Waals surface area contributed by atoms with Crippen LogP contribution in [0.2, 0.25) is 0 Å². The van der Waals surface area contributed by atoms with E-state index in [1.54, 1.807) is 0 Å². The molecule has 1 atom stereocenters. The van der Waals surface area contributed by atoms with Crippen molar-refractivity contribution < 1.29 is 4.79 Å². The average molecular weight is 496 g/mol. The molecule has 1 unspecified atom stereocenters. The Balaban J connectivity index is 1.12. The molecular weight excluding hydrogens is 454 g/mol. The molecule has 1 fully saturated rings. The lowest BCUT2D eigenvalue weighted by molar-refractivity contribution is -0.121. The Hall–Kier alpha value is -2.95. The average Bonchev–Trinajstić information content (AvgIpc) is 3.10. The number of likely N-dealkylation sites (tertiary alicyclic amines) is 1. The van der Waals surface area contributed by atoms with Gasteiger partial charge in [0.15, 0.2) is 0 Å². The van der Waals surface area contributed by atoms with Crippen LogP contribution in [0.1, 0.15) is 60.3 Å². The molecule has 4 heteroatoms. The number of Topliss-reactive ketones (excluding diaryl/α,β-unsaturated/α-hetero) is 1. The quantitative estimate of drug-likeness (QED) is 0.367. The molecule has 4 nitrogen and oxygen atoms in total. The van der Waals surface area contributed by atoms with Crippen molar-refractivity contribution in [2.24, 2.45) is 5.92 Å². The molecule has 2 heterocycles. The van der Waals surface area contributed by atoms with E-state index in [0.717, 1.165) is 63.7 Å². The van der Waals surface area contributed by atoms with Gasteiger partial charge in [0.05, 0.1) is 5.92 Å². The number of nitrogens with two attached hydrogens (primary N) is 1. The zero-order valence-electron chi connectivity index (χ0n) is 22.0. The molecule has 3 aromatic carbocycles. The number of hydrogen-bond donors (Lipinski definition) is 1. The Morgan fingerprint density at radius 3 is 2.35 bits per heavy atom. The number of benzene rings is 3. The van der Waals surface area contributed by atoms with Gasteiger partial charge in [0.1, 0.15) is 5.78 Å². The van der Waals surface area contributed by atoms with Crippen molar-refractivity contribution in [1.29, 1.82) is 0 Å². The largest absolute Gasteiger partial charge is 0.399 e. The van der Waals surface area contributed by atoms with E-state index in [4.69, 9.17) is 5.73 Å². The topological polar surface area (TPSA) is 49.6 Å². The molecule has 0 amide bonds. The van der Waals surface area contributed by atoms with Crippen LogP contribution in [0.4, 0.5) is 5.69 Å². The third kappa shape index (κ3) is 7.09. The molecule has 0 saturated carbocycles. The molecule has 0 aliphatic carbocycles. The third-order valence-corrected chi connectivity index (χ3v) is 8.31. The predicted molar refractivity (Wildman–Crippen MR) is 152 cm³/mol. The number of hydrogen-bond acceptors (Lipinski definition) is 4. The van der Waals surface area contributed by atoms with Gasteiger partial charge in [0.25, 0.3) is 0 Å². The predicted octanol–water partition coefficient (Wildman–Crippen LogP) is 6.06. The van der Waals surface area contributed by atoms with E-state index < -0.39 is 0 Å². The third-order valence-electron chi connectivity index (χ3n) is 8.31. The van der Waals surface area contributed by atoms with Crippen LogP contribution in [0.3, 0.4) is 0 Å². The van der Waals surface area contributed by atoms with Crippen LogP contribution in [0, 0.1) is 5.92 Å². The van der Waals surface area contributed by atoms with E-state index in [1.165, 1.54) is 41.5 Å². The first-order chi connectivity index (χ1) is 18.1. The van der Waals surface area contributed by atoms with Crippen molar-refractivity contribution in [3.63, 3.8) is 0 Å². The van der Waals surface area contributed by atoms with Gasteiger partial charge in [-0.1, -0.05) is 66.7 Å². The van der Waals surface area contributed by atoms with Crippen LogP contribution in [0.5, 0.6) is 0 Å². The van der Waals surface area contributed by atoms with E-state index >= 15 is 0 Å². The maximum Gasteiger partial charge on any atom is 0.141 e. The molecule has 1 saturated heterocycles. The standard InChI is InChI=1S/C33H41N3O/c34-30-13-6-11-28(22-30)24-35-19-16-26(17-20-35)10-7-15-33(37)32-25-36(23-27-8-2-1-3-9-27)21-18-29-12-4-5-14-31(29)32/h1-6,8-9,11-14,22,26,32H,7,10,15-21,23-25,34H2. The summed E-state index contributed by atoms with van der Waals surface area (Å²) in [5.74, 6) is 1.15. The smallest absolute Gasteiger partial charge is 0.141 e. The molecule has 0 radical (unpaired) electrons. The number of nitrogens with zero attached hydrogens (tertiary/aromatic N) is 2. The molecule has 0 bridgehead atoms. The molecule has 37 heavy (non-hydrogen) atoms. The van der Waals surface area contributed by atoms with Crippen molar-refractivity contribution in [2.75, 3.05) is 31.9 Å². The van der Waals surface area contributed by atoms with E-state index in [-0.39, 0.29) is 5.92 Å². The van der Waals surface area contributed by atoms with Gasteiger partial charge in [-0.2, -0.15) is 0 Å². The summed E-state index contributed by atoms with van der Waals surface area (Å²) >= 11 is 0. The maximum atomic E-state index is 13.6. The Morgan fingerprint density at radius 1 is 0.811 bits per heavy atom. The normalized spacial score (nSPS) is 19.3. The fourth-order valence-electron chi connectivity index (χ4n) is 6.21. The molecule has 2 aliphatic heterocycles. The van der Waals surface area contributed by atoms with Gasteiger partial charge in [-0.05, 0) is 85.5 Å². The Bertz CT molecular complexity index is 1150. The molecule has 5 rings (SSSR count). The van der Waals surface area contributed by atoms with Crippen LogP contribution in [-0.4, -0.2) is 41.8 Å². The van der Waals surface area contributed by atoms with Crippen LogP contribution < -0.4 is 5.73 Å². The Morgan fingerprint density at radius 2 is 1.54 bits per heavy atom. The second kappa shape index (κ2) is 12.5. The molecular formula is C33H41N3O. The number of ketones is 1. The number of carbonyl (C=O) groups is 1. The lowest BCUT2D eigenvalue weighted by Gasteiger charge is -2.32. The first kappa shape index (κ1) is 25.7. The van der Waals surface area contributed by atoms with Crippen molar-refractivity contribution >= 4 is 11.5 Å². The van der Waals surface area contributed by atoms with Crippen LogP contribution in [0.15, 0.2) is 78.9 Å². The number of carbonyl (C=O) groups excluding carboxylic acids is 1. The van der Waals surface area contributed by atoms with Crippen molar-refractivity contribution in [3.05, 3.63) is 101 Å². The molecule has 194 valence electrons. The highest BCUT2D eigenvalue weighted by Gasteiger charge is 2.28. The summed E-state index contributed by atoms with van der Waals surface area (Å²) in [7, 11) is 0. The minimum atomic E-state index is -0.0115. The number of piperidine rings is 1. The van der Waals surface area contributed by atoms with Gasteiger partial charge in [-0.25, -0.2) is 0 Å². The second-order valence-electron chi connectivity index (χ2n) is 11.0. The van der Waals surface area contributed by atoms with Gasteiger partial charge in [-0.15, -0.1) is 0 Å². The Kier molecular flexibility index (Phi) is 8.70. The zero-order valence-corrected chi connectivity index (χ0v) is 22.0. The monoisotopic (exact) mass is 495 g/mol. The first-order valence-electron chi connectivity index (χ1n) is 14.1. The number of rotatable bonds is 9. The fraction of sp³-hybridized carbons (Fsp3) is 0.424. The lowest BCUT2D eigenvalue weighted by Crippen LogP contribution is -2.33. The highest BCUT2D eigenvalue weighted by Crippen LogP contribution is 2.30. The van der Waals surface area contributed by atoms with Gasteiger partial charge in [-0.3, -0.25) is 14.6 Å². The summed E-state index contributed by atoms with van der Waals surface area (Å²) in [6.45, 7) is 6.00. The number of fused-ring (bicyclic) bond motifs is 1. The molecule has 3 aromatic rings. The molecule has 2 N–H and O–H groups in total. The Labute approximate surface area is 222 Å². The van der Waals surface area contributed by atoms with Crippen LogP contribution >= 0.6 is 0 Å². The van der Waals surface area contributed by atoms with Crippen molar-refractivity contribution in [1.82, 2.24) is 9.80 Å². The lowest BCUT2D eigenvalue weighted by atomic mass is 9.86. The number of nitrogen functional groups attached to an aromatic ring is 1. The summed E-state index contributed by atoms with van der Waals surface area (Å²) in [5, 5.41) is 0. The van der Waals surface area contributed by atoms with Gasteiger partial charge >= 0.3 is 0 Å². The summed E-state index contributed by atoms with van der Waals surface area (Å²) in [4.78, 5) is 18.6. The van der Waals surface area contributed by atoms with Gasteiger partial charge < -0.3 is 5.73 Å². The van der Waals surface area contributed by atoms with E-state index in [1.807, 2.05) is 12.1 Å². The van der Waals surface area contributed by atoms with E-state index in [0.29, 0.717) is 12.2 Å². The fourth-order valence-corrected chi connectivity index (χ4v) is 6.21. The second-order valence-corrected chi connectivity index (χ2v) is 11.0. The molecule has 0 aromatic heterocycles. The summed E-state index contributed by atoms with van der Waals surface area (Å²) in [6, 6.07) is 27.5. The van der Waals surface area contributed by atoms with E-state index in [2.05, 4.69) is 76.5 Å². The van der Waals surface area contributed by atoms with Crippen LogP contribution in [0.25, 0.3) is 0 Å². The minimum Gasteiger partial charge on any atom is -0.399 e. The summed E-state index contributed by atoms with van der Waals surface area (Å²) < 4.78 is 0. The highest BCUT2D eigenvalue weighted by atomic mass is 16.1. The van der Waals surface area contributed by atoms with Gasteiger partial charge in [0, 0.05) is 38.3 Å². The van der Waals surface area contributed by atoms with Crippen molar-refractivity contribution in [2.45, 2.75) is 57.5 Å². The first-order valence-corrected chi connectivity index (χ1v) is 14.1. The maximum absolute atomic E-state index is 13.6. The minimum absolute atomic E-state index is 0.0115. The van der Waals surface area contributed by atoms with Crippen molar-refractivity contribution in [3.8, 4) is 0 Å². The molecule has 2 aliphatic rings. The number of anilines is 1. The van der Waals surface area contributed by atoms with Crippen LogP contribution in [-0.2, 0) is 24.3 Å². The molecule has 0 spiro atoms. The highest BCUT2D eigenvalue weighted by molar-refractivity contribution is 5.86. The summed E-state index contributed by atoms with van der Waals surface area (Å²) in [6.07, 6.45) is 6.35. The van der Waals surface area contributed by atoms with E-state index in [9.17, 15) is 4.79 Å². The zero-order chi connectivity index (χ0) is 25.5. The summed E-state index contributed by atoms with van der Waals surface area (Å²) in [5.41, 5.74) is 12.0.